The largest absolute Gasteiger partial charge is 0.260 e. The van der Waals surface area contributed by atoms with Crippen molar-refractivity contribution in [2.24, 2.45) is 0 Å². The molecule has 17 heavy (non-hydrogen) atoms. The van der Waals surface area contributed by atoms with E-state index in [-0.39, 0.29) is 0 Å². The molecule has 4 nitrogen and oxygen atoms in total. The first-order chi connectivity index (χ1) is 8.15. The van der Waals surface area contributed by atoms with E-state index in [1.807, 2.05) is 6.07 Å². The van der Waals surface area contributed by atoms with Crippen molar-refractivity contribution in [2.45, 2.75) is 29.8 Å². The third kappa shape index (κ3) is 3.47. The molecule has 0 aliphatic heterocycles. The predicted octanol–water partition coefficient (Wildman–Crippen LogP) is 3.30. The molecule has 2 heterocycles. The summed E-state index contributed by atoms with van der Waals surface area (Å²) < 4.78 is 0.794. The minimum atomic E-state index is 0.300. The molecule has 0 unspecified atom stereocenters. The SMILES string of the molecule is CC(C)c1nc(Br)cc(Sc2cnccn2)n1. The molecule has 0 N–H and O–H groups in total. The van der Waals surface area contributed by atoms with Gasteiger partial charge in [0.25, 0.3) is 0 Å². The number of nitrogens with zero attached hydrogens (tertiary/aromatic N) is 4. The highest BCUT2D eigenvalue weighted by Gasteiger charge is 2.08. The molecule has 2 rings (SSSR count). The molecule has 0 radical (unpaired) electrons. The first kappa shape index (κ1) is 12.4. The van der Waals surface area contributed by atoms with E-state index in [1.165, 1.54) is 11.8 Å². The molecule has 0 aliphatic rings. The molecule has 2 aromatic rings. The van der Waals surface area contributed by atoms with E-state index >= 15 is 0 Å². The molecule has 0 bridgehead atoms. The summed E-state index contributed by atoms with van der Waals surface area (Å²) >= 11 is 4.87. The second-order valence-electron chi connectivity index (χ2n) is 3.69. The summed E-state index contributed by atoms with van der Waals surface area (Å²) in [5, 5.41) is 1.70. The van der Waals surface area contributed by atoms with Crippen LogP contribution in [0.15, 0.2) is 39.3 Å². The maximum absolute atomic E-state index is 4.48. The summed E-state index contributed by atoms with van der Waals surface area (Å²) in [5.74, 6) is 1.12. The van der Waals surface area contributed by atoms with Crippen LogP contribution in [0.25, 0.3) is 0 Å². The fourth-order valence-electron chi connectivity index (χ4n) is 1.17. The van der Waals surface area contributed by atoms with Crippen LogP contribution in [0.5, 0.6) is 0 Å². The van der Waals surface area contributed by atoms with Gasteiger partial charge in [0.2, 0.25) is 0 Å². The minimum Gasteiger partial charge on any atom is -0.260 e. The smallest absolute Gasteiger partial charge is 0.133 e. The summed E-state index contributed by atoms with van der Waals surface area (Å²) in [6.45, 7) is 4.14. The van der Waals surface area contributed by atoms with Crippen LogP contribution in [-0.4, -0.2) is 19.9 Å². The molecule has 0 spiro atoms. The van der Waals surface area contributed by atoms with Gasteiger partial charge in [-0.05, 0) is 27.7 Å². The van der Waals surface area contributed by atoms with E-state index < -0.39 is 0 Å². The van der Waals surface area contributed by atoms with Crippen molar-refractivity contribution in [3.63, 3.8) is 0 Å². The van der Waals surface area contributed by atoms with E-state index in [9.17, 15) is 0 Å². The Morgan fingerprint density at radius 1 is 1.18 bits per heavy atom. The van der Waals surface area contributed by atoms with Gasteiger partial charge in [-0.3, -0.25) is 4.98 Å². The number of rotatable bonds is 3. The fraction of sp³-hybridized carbons (Fsp3) is 0.273. The lowest BCUT2D eigenvalue weighted by Gasteiger charge is -2.06. The Morgan fingerprint density at radius 3 is 2.65 bits per heavy atom. The molecule has 0 fully saturated rings. The van der Waals surface area contributed by atoms with Crippen LogP contribution in [0, 0.1) is 0 Å². The van der Waals surface area contributed by atoms with Gasteiger partial charge in [-0.15, -0.1) is 0 Å². The quantitative estimate of drug-likeness (QED) is 0.814. The Hall–Kier alpha value is -1.01. The fourth-order valence-corrected chi connectivity index (χ4v) is 2.47. The maximum Gasteiger partial charge on any atom is 0.133 e. The molecule has 0 saturated heterocycles. The van der Waals surface area contributed by atoms with Crippen molar-refractivity contribution in [1.82, 2.24) is 19.9 Å². The Morgan fingerprint density at radius 2 is 2.00 bits per heavy atom. The van der Waals surface area contributed by atoms with Crippen LogP contribution in [0.4, 0.5) is 0 Å². The molecular formula is C11H11BrN4S. The van der Waals surface area contributed by atoms with Crippen LogP contribution in [0.2, 0.25) is 0 Å². The van der Waals surface area contributed by atoms with Gasteiger partial charge in [0.1, 0.15) is 20.5 Å². The lowest BCUT2D eigenvalue weighted by atomic mass is 10.2. The molecule has 0 saturated carbocycles. The number of hydrogen-bond acceptors (Lipinski definition) is 5. The van der Waals surface area contributed by atoms with Crippen LogP contribution in [-0.2, 0) is 0 Å². The van der Waals surface area contributed by atoms with Crippen molar-refractivity contribution in [3.8, 4) is 0 Å². The van der Waals surface area contributed by atoms with E-state index in [0.29, 0.717) is 5.92 Å². The zero-order valence-corrected chi connectivity index (χ0v) is 11.9. The predicted molar refractivity (Wildman–Crippen MR) is 70.0 cm³/mol. The Labute approximate surface area is 112 Å². The van der Waals surface area contributed by atoms with Gasteiger partial charge in [-0.25, -0.2) is 15.0 Å². The number of hydrogen-bond donors (Lipinski definition) is 0. The standard InChI is InChI=1S/C11H11BrN4S/c1-7(2)11-15-8(12)5-9(16-11)17-10-6-13-3-4-14-10/h3-7H,1-2H3. The molecule has 88 valence electrons. The first-order valence-electron chi connectivity index (χ1n) is 5.13. The van der Waals surface area contributed by atoms with Crippen molar-refractivity contribution >= 4 is 27.7 Å². The molecular weight excluding hydrogens is 300 g/mol. The van der Waals surface area contributed by atoms with Crippen molar-refractivity contribution < 1.29 is 0 Å². The first-order valence-corrected chi connectivity index (χ1v) is 6.74. The van der Waals surface area contributed by atoms with Crippen LogP contribution >= 0.6 is 27.7 Å². The number of aromatic nitrogens is 4. The number of halogens is 1. The monoisotopic (exact) mass is 310 g/mol. The van der Waals surface area contributed by atoms with Gasteiger partial charge in [0.15, 0.2) is 0 Å². The molecule has 0 atom stereocenters. The lowest BCUT2D eigenvalue weighted by molar-refractivity contribution is 0.747. The lowest BCUT2D eigenvalue weighted by Crippen LogP contribution is -1.99. The summed E-state index contributed by atoms with van der Waals surface area (Å²) in [6, 6.07) is 1.88. The Bertz CT molecular complexity index is 504. The summed E-state index contributed by atoms with van der Waals surface area (Å²) in [6.07, 6.45) is 5.04. The molecule has 6 heteroatoms. The summed E-state index contributed by atoms with van der Waals surface area (Å²) in [7, 11) is 0. The van der Waals surface area contributed by atoms with E-state index in [0.717, 1.165) is 20.5 Å². The van der Waals surface area contributed by atoms with Crippen molar-refractivity contribution in [2.75, 3.05) is 0 Å². The van der Waals surface area contributed by atoms with Crippen molar-refractivity contribution in [3.05, 3.63) is 35.1 Å². The van der Waals surface area contributed by atoms with Gasteiger partial charge in [-0.2, -0.15) is 0 Å². The molecule has 0 amide bonds. The average molecular weight is 311 g/mol. The second kappa shape index (κ2) is 5.55. The van der Waals surface area contributed by atoms with E-state index in [4.69, 9.17) is 0 Å². The molecule has 0 aliphatic carbocycles. The second-order valence-corrected chi connectivity index (χ2v) is 5.54. The third-order valence-electron chi connectivity index (χ3n) is 1.95. The van der Waals surface area contributed by atoms with Crippen LogP contribution in [0.1, 0.15) is 25.6 Å². The van der Waals surface area contributed by atoms with Gasteiger partial charge in [-0.1, -0.05) is 13.8 Å². The third-order valence-corrected chi connectivity index (χ3v) is 3.20. The highest BCUT2D eigenvalue weighted by atomic mass is 79.9. The van der Waals surface area contributed by atoms with Gasteiger partial charge >= 0.3 is 0 Å². The zero-order chi connectivity index (χ0) is 12.3. The minimum absolute atomic E-state index is 0.300. The highest BCUT2D eigenvalue weighted by Crippen LogP contribution is 2.26. The Balaban J connectivity index is 2.27. The van der Waals surface area contributed by atoms with E-state index in [1.54, 1.807) is 18.6 Å². The zero-order valence-electron chi connectivity index (χ0n) is 9.46. The summed E-state index contributed by atoms with van der Waals surface area (Å²) in [4.78, 5) is 17.0. The Kier molecular flexibility index (Phi) is 4.06. The highest BCUT2D eigenvalue weighted by molar-refractivity contribution is 9.10. The van der Waals surface area contributed by atoms with E-state index in [2.05, 4.69) is 49.7 Å². The van der Waals surface area contributed by atoms with Crippen LogP contribution in [0.3, 0.4) is 0 Å². The molecule has 0 aromatic carbocycles. The van der Waals surface area contributed by atoms with Crippen LogP contribution < -0.4 is 0 Å². The topological polar surface area (TPSA) is 51.6 Å². The van der Waals surface area contributed by atoms with Gasteiger partial charge in [0, 0.05) is 24.4 Å². The maximum atomic E-state index is 4.48. The normalized spacial score (nSPS) is 10.8. The summed E-state index contributed by atoms with van der Waals surface area (Å²) in [5.41, 5.74) is 0. The average Bonchev–Trinajstić information content (AvgIpc) is 2.29. The van der Waals surface area contributed by atoms with Gasteiger partial charge < -0.3 is 0 Å². The molecule has 2 aromatic heterocycles. The van der Waals surface area contributed by atoms with Crippen molar-refractivity contribution in [1.29, 1.82) is 0 Å². The van der Waals surface area contributed by atoms with Gasteiger partial charge in [0.05, 0.1) is 6.20 Å².